The number of carbonyl (C=O) groups excluding carboxylic acids is 1. The minimum atomic E-state index is -0.0639. The Balaban J connectivity index is 1.70. The third-order valence-electron chi connectivity index (χ3n) is 4.77. The molecule has 3 aromatic heterocycles. The number of hydrogen-bond donors (Lipinski definition) is 0. The SMILES string of the molecule is COc1ncccc1C(=O)N1CCCC[C@H]1c1ccn2nc(C)cc2n1. The Hall–Kier alpha value is -2.96. The van der Waals surface area contributed by atoms with Gasteiger partial charge in [0.15, 0.2) is 5.65 Å². The molecule has 1 saturated heterocycles. The number of likely N-dealkylation sites (tertiary alicyclic amines) is 1. The van der Waals surface area contributed by atoms with Crippen LogP contribution < -0.4 is 4.74 Å². The molecule has 1 aliphatic heterocycles. The number of fused-ring (bicyclic) bond motifs is 1. The van der Waals surface area contributed by atoms with Crippen LogP contribution in [0, 0.1) is 6.92 Å². The molecule has 1 aliphatic rings. The number of pyridine rings is 1. The molecule has 7 heteroatoms. The highest BCUT2D eigenvalue weighted by Gasteiger charge is 2.31. The lowest BCUT2D eigenvalue weighted by molar-refractivity contribution is 0.0602. The lowest BCUT2D eigenvalue weighted by Gasteiger charge is -2.35. The highest BCUT2D eigenvalue weighted by Crippen LogP contribution is 2.32. The van der Waals surface area contributed by atoms with Crippen LogP contribution in [0.4, 0.5) is 0 Å². The summed E-state index contributed by atoms with van der Waals surface area (Å²) in [6, 6.07) is 7.37. The summed E-state index contributed by atoms with van der Waals surface area (Å²) in [4.78, 5) is 24.0. The number of hydrogen-bond acceptors (Lipinski definition) is 5. The number of ether oxygens (including phenoxy) is 1. The highest BCUT2D eigenvalue weighted by molar-refractivity contribution is 5.96. The number of rotatable bonds is 3. The summed E-state index contributed by atoms with van der Waals surface area (Å²) in [5.74, 6) is 0.294. The van der Waals surface area contributed by atoms with Gasteiger partial charge in [-0.3, -0.25) is 4.79 Å². The molecule has 1 fully saturated rings. The van der Waals surface area contributed by atoms with E-state index in [-0.39, 0.29) is 11.9 Å². The molecule has 3 aromatic rings. The summed E-state index contributed by atoms with van der Waals surface area (Å²) in [5.41, 5.74) is 3.11. The second-order valence-electron chi connectivity index (χ2n) is 6.51. The third kappa shape index (κ3) is 2.89. The van der Waals surface area contributed by atoms with Crippen molar-refractivity contribution in [1.29, 1.82) is 0 Å². The van der Waals surface area contributed by atoms with Crippen LogP contribution in [0.15, 0.2) is 36.7 Å². The predicted octanol–water partition coefficient (Wildman–Crippen LogP) is 2.81. The molecule has 0 saturated carbocycles. The quantitative estimate of drug-likeness (QED) is 0.725. The predicted molar refractivity (Wildman–Crippen MR) is 96.1 cm³/mol. The smallest absolute Gasteiger partial charge is 0.259 e. The minimum absolute atomic E-state index is 0.0543. The first-order valence-electron chi connectivity index (χ1n) is 8.80. The molecule has 26 heavy (non-hydrogen) atoms. The Bertz CT molecular complexity index is 952. The maximum Gasteiger partial charge on any atom is 0.259 e. The summed E-state index contributed by atoms with van der Waals surface area (Å²) >= 11 is 0. The largest absolute Gasteiger partial charge is 0.480 e. The van der Waals surface area contributed by atoms with Crippen LogP contribution in [0.25, 0.3) is 5.65 Å². The van der Waals surface area contributed by atoms with E-state index >= 15 is 0 Å². The third-order valence-corrected chi connectivity index (χ3v) is 4.77. The highest BCUT2D eigenvalue weighted by atomic mass is 16.5. The first kappa shape index (κ1) is 16.5. The van der Waals surface area contributed by atoms with E-state index in [2.05, 4.69) is 10.1 Å². The maximum atomic E-state index is 13.2. The molecular formula is C19H21N5O2. The lowest BCUT2D eigenvalue weighted by atomic mass is 9.98. The van der Waals surface area contributed by atoms with Crippen molar-refractivity contribution in [3.8, 4) is 5.88 Å². The van der Waals surface area contributed by atoms with E-state index in [1.165, 1.54) is 7.11 Å². The van der Waals surface area contributed by atoms with Crippen molar-refractivity contribution in [3.05, 3.63) is 53.6 Å². The summed E-state index contributed by atoms with van der Waals surface area (Å²) in [7, 11) is 1.53. The number of aryl methyl sites for hydroxylation is 1. The van der Waals surface area contributed by atoms with Gasteiger partial charge >= 0.3 is 0 Å². The maximum absolute atomic E-state index is 13.2. The Morgan fingerprint density at radius 1 is 1.31 bits per heavy atom. The average molecular weight is 351 g/mol. The number of amides is 1. The topological polar surface area (TPSA) is 72.6 Å². The van der Waals surface area contributed by atoms with Crippen LogP contribution in [0.5, 0.6) is 5.88 Å². The van der Waals surface area contributed by atoms with Gasteiger partial charge in [0.1, 0.15) is 5.56 Å². The van der Waals surface area contributed by atoms with Crippen LogP contribution >= 0.6 is 0 Å². The van der Waals surface area contributed by atoms with Crippen LogP contribution in [0.1, 0.15) is 47.1 Å². The normalized spacial score (nSPS) is 17.5. The summed E-state index contributed by atoms with van der Waals surface area (Å²) in [6.07, 6.45) is 6.49. The zero-order valence-electron chi connectivity index (χ0n) is 14.9. The van der Waals surface area contributed by atoms with Crippen molar-refractivity contribution < 1.29 is 9.53 Å². The number of piperidine rings is 1. The second kappa shape index (κ2) is 6.74. The van der Waals surface area contributed by atoms with Gasteiger partial charge in [-0.15, -0.1) is 0 Å². The summed E-state index contributed by atoms with van der Waals surface area (Å²) in [5, 5.41) is 4.37. The van der Waals surface area contributed by atoms with Crippen molar-refractivity contribution in [2.45, 2.75) is 32.2 Å². The molecule has 7 nitrogen and oxygen atoms in total. The molecule has 134 valence electrons. The second-order valence-corrected chi connectivity index (χ2v) is 6.51. The molecule has 0 bridgehead atoms. The summed E-state index contributed by atoms with van der Waals surface area (Å²) < 4.78 is 7.03. The van der Waals surface area contributed by atoms with Crippen LogP contribution in [0.3, 0.4) is 0 Å². The van der Waals surface area contributed by atoms with Crippen LogP contribution in [-0.2, 0) is 0 Å². The van der Waals surface area contributed by atoms with E-state index in [0.29, 0.717) is 18.0 Å². The van der Waals surface area contributed by atoms with E-state index in [0.717, 1.165) is 36.3 Å². The standard InChI is InChI=1S/C19H21N5O2/c1-13-12-17-21-15(8-11-24(17)22-13)16-7-3-4-10-23(16)19(25)14-6-5-9-20-18(14)26-2/h5-6,8-9,11-12,16H,3-4,7,10H2,1-2H3/t16-/m0/s1. The molecule has 0 radical (unpaired) electrons. The van der Waals surface area contributed by atoms with Gasteiger partial charge in [-0.05, 0) is 44.4 Å². The van der Waals surface area contributed by atoms with Crippen LogP contribution in [-0.4, -0.2) is 44.0 Å². The fourth-order valence-electron chi connectivity index (χ4n) is 3.55. The Morgan fingerprint density at radius 2 is 2.19 bits per heavy atom. The molecule has 0 unspecified atom stereocenters. The molecule has 0 spiro atoms. The van der Waals surface area contributed by atoms with E-state index in [1.54, 1.807) is 22.8 Å². The molecular weight excluding hydrogens is 330 g/mol. The molecule has 1 atom stereocenters. The van der Waals surface area contributed by atoms with E-state index < -0.39 is 0 Å². The summed E-state index contributed by atoms with van der Waals surface area (Å²) in [6.45, 7) is 2.65. The molecule has 4 rings (SSSR count). The number of aromatic nitrogens is 4. The van der Waals surface area contributed by atoms with Crippen molar-refractivity contribution in [3.63, 3.8) is 0 Å². The van der Waals surface area contributed by atoms with Gasteiger partial charge in [0.25, 0.3) is 5.91 Å². The van der Waals surface area contributed by atoms with Gasteiger partial charge < -0.3 is 9.64 Å². The zero-order valence-corrected chi connectivity index (χ0v) is 14.9. The molecule has 1 amide bonds. The fourth-order valence-corrected chi connectivity index (χ4v) is 3.55. The van der Waals surface area contributed by atoms with Gasteiger partial charge in [0.2, 0.25) is 5.88 Å². The van der Waals surface area contributed by atoms with Gasteiger partial charge in [-0.1, -0.05) is 0 Å². The lowest BCUT2D eigenvalue weighted by Crippen LogP contribution is -2.39. The Labute approximate surface area is 151 Å². The Kier molecular flexibility index (Phi) is 4.28. The monoisotopic (exact) mass is 351 g/mol. The first-order valence-corrected chi connectivity index (χ1v) is 8.80. The number of methoxy groups -OCH3 is 1. The number of nitrogens with zero attached hydrogens (tertiary/aromatic N) is 5. The molecule has 4 heterocycles. The van der Waals surface area contributed by atoms with Crippen molar-refractivity contribution >= 4 is 11.6 Å². The van der Waals surface area contributed by atoms with Gasteiger partial charge in [0, 0.05) is 25.0 Å². The average Bonchev–Trinajstić information content (AvgIpc) is 3.06. The Morgan fingerprint density at radius 3 is 3.04 bits per heavy atom. The minimum Gasteiger partial charge on any atom is -0.480 e. The van der Waals surface area contributed by atoms with E-state index in [4.69, 9.17) is 9.72 Å². The van der Waals surface area contributed by atoms with Crippen molar-refractivity contribution in [2.24, 2.45) is 0 Å². The van der Waals surface area contributed by atoms with Crippen LogP contribution in [0.2, 0.25) is 0 Å². The van der Waals surface area contributed by atoms with E-state index in [1.807, 2.05) is 30.2 Å². The zero-order chi connectivity index (χ0) is 18.1. The van der Waals surface area contributed by atoms with Gasteiger partial charge in [-0.25, -0.2) is 14.5 Å². The molecule has 0 aliphatic carbocycles. The van der Waals surface area contributed by atoms with Crippen molar-refractivity contribution in [1.82, 2.24) is 24.5 Å². The van der Waals surface area contributed by atoms with Gasteiger partial charge in [0.05, 0.1) is 24.5 Å². The first-order chi connectivity index (χ1) is 12.7. The van der Waals surface area contributed by atoms with Gasteiger partial charge in [-0.2, -0.15) is 5.10 Å². The number of carbonyl (C=O) groups is 1. The van der Waals surface area contributed by atoms with E-state index in [9.17, 15) is 4.79 Å². The van der Waals surface area contributed by atoms with Crippen molar-refractivity contribution in [2.75, 3.05) is 13.7 Å². The fraction of sp³-hybridized carbons (Fsp3) is 0.368. The molecule has 0 N–H and O–H groups in total. The molecule has 0 aromatic carbocycles.